The monoisotopic (exact) mass is 425 g/mol. The molecule has 0 radical (unpaired) electrons. The van der Waals surface area contributed by atoms with Gasteiger partial charge in [0.2, 0.25) is 6.41 Å². The summed E-state index contributed by atoms with van der Waals surface area (Å²) in [7, 11) is 0.834. The third-order valence-corrected chi connectivity index (χ3v) is 5.51. The Morgan fingerprint density at radius 1 is 1.34 bits per heavy atom. The van der Waals surface area contributed by atoms with Crippen LogP contribution in [0, 0.1) is 0 Å². The van der Waals surface area contributed by atoms with Gasteiger partial charge in [0, 0.05) is 20.1 Å². The number of carbonyl (C=O) groups excluding carboxylic acids is 2. The molecule has 1 fully saturated rings. The van der Waals surface area contributed by atoms with Gasteiger partial charge in [0.15, 0.2) is 0 Å². The number of rotatable bonds is 10. The maximum Gasteiger partial charge on any atom is 0.320 e. The highest BCUT2D eigenvalue weighted by molar-refractivity contribution is 7.61. The van der Waals surface area contributed by atoms with Crippen molar-refractivity contribution < 1.29 is 22.7 Å². The molecule has 0 saturated heterocycles. The van der Waals surface area contributed by atoms with Crippen LogP contribution in [0.4, 0.5) is 4.79 Å². The number of imide groups is 1. The number of amides is 3. The normalized spacial score (nSPS) is 20.4. The third kappa shape index (κ3) is 8.74. The van der Waals surface area contributed by atoms with Gasteiger partial charge in [0.25, 0.3) is 0 Å². The van der Waals surface area contributed by atoms with Crippen LogP contribution in [0.1, 0.15) is 56.9 Å². The Balaban J connectivity index is 0.000000516. The first kappa shape index (κ1) is 24.8. The van der Waals surface area contributed by atoms with Crippen LogP contribution >= 0.6 is 0 Å². The second kappa shape index (κ2) is 13.1. The van der Waals surface area contributed by atoms with Crippen molar-refractivity contribution in [3.8, 4) is 0 Å². The van der Waals surface area contributed by atoms with E-state index in [1.165, 1.54) is 12.6 Å². The Bertz CT molecular complexity index is 762. The molecule has 3 amide bonds. The molecule has 1 aliphatic carbocycles. The standard InChI is InChI=1S/C17H25NO3S.C3H6N2O2/c1-3-8-15(21-2)11-7-12-17(18-22(19)20)13-16(17)14-9-5-4-6-10-14;1-4-3(7)5-2-6/h4-6,9-10,15-16H,3,7-8,11-13H2,1-2H3;2H,1H3,(H2,4,5,6,7). The van der Waals surface area contributed by atoms with Crippen molar-refractivity contribution in [2.24, 2.45) is 4.36 Å². The molecule has 0 spiro atoms. The van der Waals surface area contributed by atoms with E-state index >= 15 is 0 Å². The first-order valence-electron chi connectivity index (χ1n) is 9.74. The molecule has 1 aromatic rings. The maximum atomic E-state index is 11.1. The lowest BCUT2D eigenvalue weighted by molar-refractivity contribution is -0.108. The van der Waals surface area contributed by atoms with E-state index in [1.807, 2.05) is 23.5 Å². The zero-order valence-corrected chi connectivity index (χ0v) is 18.1. The van der Waals surface area contributed by atoms with Crippen molar-refractivity contribution in [3.05, 3.63) is 35.9 Å². The number of hydrogen-bond acceptors (Lipinski definition) is 6. The van der Waals surface area contributed by atoms with Crippen molar-refractivity contribution in [1.29, 1.82) is 0 Å². The van der Waals surface area contributed by atoms with Crippen LogP contribution in [0.25, 0.3) is 0 Å². The van der Waals surface area contributed by atoms with Crippen LogP contribution in [0.2, 0.25) is 0 Å². The van der Waals surface area contributed by atoms with Crippen LogP contribution in [-0.4, -0.2) is 46.7 Å². The van der Waals surface area contributed by atoms with Gasteiger partial charge in [-0.3, -0.25) is 10.1 Å². The molecular weight excluding hydrogens is 394 g/mol. The van der Waals surface area contributed by atoms with E-state index in [4.69, 9.17) is 4.74 Å². The molecule has 0 aromatic heterocycles. The van der Waals surface area contributed by atoms with E-state index < -0.39 is 22.1 Å². The Hall–Kier alpha value is -2.26. The van der Waals surface area contributed by atoms with Crippen molar-refractivity contribution >= 4 is 22.9 Å². The molecule has 3 atom stereocenters. The van der Waals surface area contributed by atoms with Crippen molar-refractivity contribution in [1.82, 2.24) is 10.6 Å². The van der Waals surface area contributed by atoms with Gasteiger partial charge in [0.05, 0.1) is 11.6 Å². The van der Waals surface area contributed by atoms with Gasteiger partial charge in [-0.05, 0) is 37.7 Å². The summed E-state index contributed by atoms with van der Waals surface area (Å²) in [5, 5.41) is 4.05. The van der Waals surface area contributed by atoms with E-state index in [-0.39, 0.29) is 12.0 Å². The molecule has 8 nitrogen and oxygen atoms in total. The largest absolute Gasteiger partial charge is 0.381 e. The fourth-order valence-electron chi connectivity index (χ4n) is 3.44. The van der Waals surface area contributed by atoms with Crippen LogP contribution in [0.3, 0.4) is 0 Å². The second-order valence-corrected chi connectivity index (χ2v) is 7.58. The van der Waals surface area contributed by atoms with Gasteiger partial charge in [-0.25, -0.2) is 4.79 Å². The van der Waals surface area contributed by atoms with E-state index in [2.05, 4.69) is 28.7 Å². The summed E-state index contributed by atoms with van der Waals surface area (Å²) in [6, 6.07) is 9.60. The molecule has 0 heterocycles. The number of urea groups is 1. The molecule has 1 aromatic carbocycles. The predicted octanol–water partition coefficient (Wildman–Crippen LogP) is 3.03. The summed E-state index contributed by atoms with van der Waals surface area (Å²) in [5.74, 6) is 0.235. The molecule has 3 unspecified atom stereocenters. The summed E-state index contributed by atoms with van der Waals surface area (Å²) in [5.41, 5.74) is 0.770. The molecule has 2 rings (SSSR count). The van der Waals surface area contributed by atoms with Gasteiger partial charge in [-0.15, -0.1) is 0 Å². The van der Waals surface area contributed by atoms with E-state index in [0.717, 1.165) is 38.5 Å². The lowest BCUT2D eigenvalue weighted by Gasteiger charge is -2.16. The maximum absolute atomic E-state index is 11.1. The first-order valence-corrected chi connectivity index (χ1v) is 10.8. The highest BCUT2D eigenvalue weighted by Gasteiger charge is 2.55. The van der Waals surface area contributed by atoms with Gasteiger partial charge in [-0.2, -0.15) is 12.8 Å². The highest BCUT2D eigenvalue weighted by Crippen LogP contribution is 2.57. The molecule has 29 heavy (non-hydrogen) atoms. The first-order chi connectivity index (χ1) is 13.9. The molecule has 162 valence electrons. The van der Waals surface area contributed by atoms with Crippen molar-refractivity contribution in [2.45, 2.75) is 63.0 Å². The van der Waals surface area contributed by atoms with Gasteiger partial charge in [-0.1, -0.05) is 43.7 Å². The Morgan fingerprint density at radius 2 is 2.03 bits per heavy atom. The van der Waals surface area contributed by atoms with Crippen LogP contribution in [0.15, 0.2) is 34.7 Å². The minimum Gasteiger partial charge on any atom is -0.381 e. The Kier molecular flexibility index (Phi) is 11.2. The number of nitrogens with one attached hydrogen (secondary N) is 2. The summed E-state index contributed by atoms with van der Waals surface area (Å²) >= 11 is 0. The minimum absolute atomic E-state index is 0.235. The van der Waals surface area contributed by atoms with E-state index in [9.17, 15) is 18.0 Å². The molecule has 1 saturated carbocycles. The molecule has 0 bridgehead atoms. The number of ether oxygens (including phenoxy) is 1. The van der Waals surface area contributed by atoms with Gasteiger partial charge < -0.3 is 10.1 Å². The van der Waals surface area contributed by atoms with Crippen molar-refractivity contribution in [2.75, 3.05) is 14.2 Å². The summed E-state index contributed by atoms with van der Waals surface area (Å²) in [4.78, 5) is 19.4. The molecular formula is C20H31N3O5S. The van der Waals surface area contributed by atoms with Gasteiger partial charge >= 0.3 is 16.5 Å². The average Bonchev–Trinajstić information content (AvgIpc) is 3.41. The number of nitrogens with zero attached hydrogens (tertiary/aromatic N) is 1. The summed E-state index contributed by atoms with van der Waals surface area (Å²) in [6.45, 7) is 2.15. The fourth-order valence-corrected chi connectivity index (χ4v) is 4.03. The minimum atomic E-state index is -2.34. The quantitative estimate of drug-likeness (QED) is 0.559. The van der Waals surface area contributed by atoms with E-state index in [0.29, 0.717) is 6.41 Å². The SMILES string of the molecule is CCCC(CCCC1(N=S(=O)=O)CC1c1ccccc1)OC.CNC(=O)NC=O. The zero-order chi connectivity index (χ0) is 21.7. The van der Waals surface area contributed by atoms with Crippen molar-refractivity contribution in [3.63, 3.8) is 0 Å². The number of methoxy groups -OCH3 is 1. The Morgan fingerprint density at radius 3 is 2.52 bits per heavy atom. The Labute approximate surface area is 174 Å². The summed E-state index contributed by atoms with van der Waals surface area (Å²) in [6.07, 6.45) is 6.30. The van der Waals surface area contributed by atoms with E-state index in [1.54, 1.807) is 7.11 Å². The van der Waals surface area contributed by atoms with Crippen LogP contribution in [0.5, 0.6) is 0 Å². The topological polar surface area (TPSA) is 114 Å². The number of benzene rings is 1. The summed E-state index contributed by atoms with van der Waals surface area (Å²) < 4.78 is 31.7. The average molecular weight is 426 g/mol. The molecule has 2 N–H and O–H groups in total. The van der Waals surface area contributed by atoms with Crippen LogP contribution < -0.4 is 10.6 Å². The second-order valence-electron chi connectivity index (χ2n) is 6.96. The lowest BCUT2D eigenvalue weighted by Crippen LogP contribution is -2.31. The fraction of sp³-hybridized carbons (Fsp3) is 0.600. The molecule has 0 aliphatic heterocycles. The smallest absolute Gasteiger partial charge is 0.320 e. The molecule has 9 heteroatoms. The number of hydrogen-bond donors (Lipinski definition) is 2. The van der Waals surface area contributed by atoms with Crippen LogP contribution in [-0.2, 0) is 20.0 Å². The third-order valence-electron chi connectivity index (χ3n) is 5.00. The lowest BCUT2D eigenvalue weighted by atomic mass is 9.99. The van der Waals surface area contributed by atoms with Gasteiger partial charge in [0.1, 0.15) is 0 Å². The molecule has 1 aliphatic rings. The number of carbonyl (C=O) groups is 2. The predicted molar refractivity (Wildman–Crippen MR) is 111 cm³/mol. The highest BCUT2D eigenvalue weighted by atomic mass is 32.2. The zero-order valence-electron chi connectivity index (χ0n) is 17.3.